The monoisotopic (exact) mass is 238 g/mol. The van der Waals surface area contributed by atoms with Crippen molar-refractivity contribution in [3.63, 3.8) is 0 Å². The topological polar surface area (TPSA) is 47.9 Å². The van der Waals surface area contributed by atoms with Crippen LogP contribution in [0.3, 0.4) is 0 Å². The van der Waals surface area contributed by atoms with Gasteiger partial charge in [0.1, 0.15) is 6.61 Å². The zero-order chi connectivity index (χ0) is 12.1. The molecule has 1 aromatic rings. The smallest absolute Gasteiger partial charge is 0.161 e. The lowest BCUT2D eigenvalue weighted by Crippen LogP contribution is -2.49. The third kappa shape index (κ3) is 2.70. The number of rotatable bonds is 6. The number of aliphatic hydroxyl groups is 1. The van der Waals surface area contributed by atoms with Crippen LogP contribution < -0.4 is 9.47 Å². The van der Waals surface area contributed by atoms with Crippen LogP contribution in [0.25, 0.3) is 0 Å². The van der Waals surface area contributed by atoms with Crippen molar-refractivity contribution in [1.82, 2.24) is 0 Å². The summed E-state index contributed by atoms with van der Waals surface area (Å²) < 4.78 is 16.3. The van der Waals surface area contributed by atoms with Gasteiger partial charge in [-0.05, 0) is 19.1 Å². The Bertz CT molecular complexity index is 355. The van der Waals surface area contributed by atoms with E-state index in [-0.39, 0.29) is 12.0 Å². The summed E-state index contributed by atoms with van der Waals surface area (Å²) in [6.45, 7) is 4.19. The highest BCUT2D eigenvalue weighted by Gasteiger charge is 2.39. The molecule has 1 N–H and O–H groups in total. The Morgan fingerprint density at radius 3 is 2.35 bits per heavy atom. The first-order chi connectivity index (χ1) is 8.29. The van der Waals surface area contributed by atoms with Gasteiger partial charge in [-0.1, -0.05) is 12.1 Å². The van der Waals surface area contributed by atoms with Crippen molar-refractivity contribution in [2.24, 2.45) is 5.41 Å². The second-order valence-electron chi connectivity index (χ2n) is 4.32. The zero-order valence-electron chi connectivity index (χ0n) is 10.0. The minimum absolute atomic E-state index is 0.0871. The Labute approximate surface area is 101 Å². The summed E-state index contributed by atoms with van der Waals surface area (Å²) in [5.41, 5.74) is -0.237. The second kappa shape index (κ2) is 5.38. The Hall–Kier alpha value is -1.26. The maximum absolute atomic E-state index is 9.30. The molecule has 0 saturated carbocycles. The molecule has 4 nitrogen and oxygen atoms in total. The standard InChI is InChI=1S/C13H18O4/c1-2-16-11-5-3-4-6-12(11)17-10-13(7-14)8-15-9-13/h3-6,14H,2,7-10H2,1H3. The molecule has 0 amide bonds. The summed E-state index contributed by atoms with van der Waals surface area (Å²) in [7, 11) is 0. The first-order valence-electron chi connectivity index (χ1n) is 5.83. The summed E-state index contributed by atoms with van der Waals surface area (Å²) in [5, 5.41) is 9.30. The fourth-order valence-electron chi connectivity index (χ4n) is 1.69. The maximum Gasteiger partial charge on any atom is 0.161 e. The van der Waals surface area contributed by atoms with E-state index in [0.717, 1.165) is 5.75 Å². The van der Waals surface area contributed by atoms with Crippen LogP contribution in [0.2, 0.25) is 0 Å². The lowest BCUT2D eigenvalue weighted by atomic mass is 9.88. The van der Waals surface area contributed by atoms with Crippen molar-refractivity contribution in [3.8, 4) is 11.5 Å². The molecular weight excluding hydrogens is 220 g/mol. The summed E-state index contributed by atoms with van der Waals surface area (Å²) in [5.74, 6) is 1.46. The SMILES string of the molecule is CCOc1ccccc1OCC1(CO)COC1. The van der Waals surface area contributed by atoms with Crippen molar-refractivity contribution in [3.05, 3.63) is 24.3 Å². The van der Waals surface area contributed by atoms with Gasteiger partial charge in [-0.15, -0.1) is 0 Å². The Balaban J connectivity index is 1.98. The van der Waals surface area contributed by atoms with Crippen molar-refractivity contribution in [2.45, 2.75) is 6.92 Å². The van der Waals surface area contributed by atoms with E-state index in [0.29, 0.717) is 32.2 Å². The molecule has 1 heterocycles. The van der Waals surface area contributed by atoms with Crippen LogP contribution in [0.5, 0.6) is 11.5 Å². The quantitative estimate of drug-likeness (QED) is 0.815. The van der Waals surface area contributed by atoms with E-state index >= 15 is 0 Å². The molecule has 0 aromatic heterocycles. The summed E-state index contributed by atoms with van der Waals surface area (Å²) in [6, 6.07) is 7.56. The third-order valence-corrected chi connectivity index (χ3v) is 2.83. The number of aliphatic hydroxyl groups excluding tert-OH is 1. The van der Waals surface area contributed by atoms with Gasteiger partial charge in [0, 0.05) is 0 Å². The molecule has 0 unspecified atom stereocenters. The summed E-state index contributed by atoms with van der Waals surface area (Å²) in [4.78, 5) is 0. The van der Waals surface area contributed by atoms with E-state index in [4.69, 9.17) is 14.2 Å². The molecule has 0 spiro atoms. The first-order valence-corrected chi connectivity index (χ1v) is 5.83. The van der Waals surface area contributed by atoms with Gasteiger partial charge in [0.15, 0.2) is 11.5 Å². The van der Waals surface area contributed by atoms with Gasteiger partial charge in [-0.2, -0.15) is 0 Å². The van der Waals surface area contributed by atoms with Crippen LogP contribution in [0, 0.1) is 5.41 Å². The molecule has 0 bridgehead atoms. The molecule has 0 radical (unpaired) electrons. The number of para-hydroxylation sites is 2. The fraction of sp³-hybridized carbons (Fsp3) is 0.538. The van der Waals surface area contributed by atoms with Crippen molar-refractivity contribution < 1.29 is 19.3 Å². The first kappa shape index (κ1) is 12.2. The van der Waals surface area contributed by atoms with E-state index in [1.54, 1.807) is 0 Å². The summed E-state index contributed by atoms with van der Waals surface area (Å²) >= 11 is 0. The van der Waals surface area contributed by atoms with Gasteiger partial charge >= 0.3 is 0 Å². The van der Waals surface area contributed by atoms with Crippen molar-refractivity contribution >= 4 is 0 Å². The minimum atomic E-state index is -0.237. The Morgan fingerprint density at radius 2 is 1.88 bits per heavy atom. The molecule has 2 rings (SSSR count). The molecule has 17 heavy (non-hydrogen) atoms. The second-order valence-corrected chi connectivity index (χ2v) is 4.32. The fourth-order valence-corrected chi connectivity index (χ4v) is 1.69. The van der Waals surface area contributed by atoms with Crippen LogP contribution in [-0.4, -0.2) is 38.1 Å². The zero-order valence-corrected chi connectivity index (χ0v) is 10.0. The maximum atomic E-state index is 9.30. The summed E-state index contributed by atoms with van der Waals surface area (Å²) in [6.07, 6.45) is 0. The molecule has 1 aromatic carbocycles. The average Bonchev–Trinajstić information content (AvgIpc) is 2.31. The lowest BCUT2D eigenvalue weighted by Gasteiger charge is -2.39. The van der Waals surface area contributed by atoms with Gasteiger partial charge in [-0.25, -0.2) is 0 Å². The van der Waals surface area contributed by atoms with Gasteiger partial charge < -0.3 is 19.3 Å². The molecule has 1 saturated heterocycles. The van der Waals surface area contributed by atoms with Crippen LogP contribution in [0.4, 0.5) is 0 Å². The predicted octanol–water partition coefficient (Wildman–Crippen LogP) is 1.47. The van der Waals surface area contributed by atoms with Gasteiger partial charge in [0.05, 0.1) is 31.8 Å². The highest BCUT2D eigenvalue weighted by atomic mass is 16.5. The van der Waals surface area contributed by atoms with Crippen LogP contribution in [0.1, 0.15) is 6.92 Å². The van der Waals surface area contributed by atoms with Gasteiger partial charge in [0.2, 0.25) is 0 Å². The van der Waals surface area contributed by atoms with E-state index in [2.05, 4.69) is 0 Å². The number of ether oxygens (including phenoxy) is 3. The van der Waals surface area contributed by atoms with E-state index in [9.17, 15) is 5.11 Å². The van der Waals surface area contributed by atoms with Crippen LogP contribution >= 0.6 is 0 Å². The minimum Gasteiger partial charge on any atom is -0.490 e. The molecular formula is C13H18O4. The number of hydrogen-bond donors (Lipinski definition) is 1. The molecule has 0 atom stereocenters. The molecule has 1 aliphatic heterocycles. The number of benzene rings is 1. The highest BCUT2D eigenvalue weighted by Crippen LogP contribution is 2.31. The highest BCUT2D eigenvalue weighted by molar-refractivity contribution is 5.39. The van der Waals surface area contributed by atoms with E-state index < -0.39 is 0 Å². The lowest BCUT2D eigenvalue weighted by molar-refractivity contribution is -0.153. The van der Waals surface area contributed by atoms with Gasteiger partial charge in [0.25, 0.3) is 0 Å². The van der Waals surface area contributed by atoms with Crippen molar-refractivity contribution in [2.75, 3.05) is 33.0 Å². The molecule has 94 valence electrons. The van der Waals surface area contributed by atoms with Crippen LogP contribution in [-0.2, 0) is 4.74 Å². The van der Waals surface area contributed by atoms with E-state index in [1.807, 2.05) is 31.2 Å². The number of hydrogen-bond acceptors (Lipinski definition) is 4. The molecule has 1 fully saturated rings. The molecule has 4 heteroatoms. The average molecular weight is 238 g/mol. The third-order valence-electron chi connectivity index (χ3n) is 2.83. The van der Waals surface area contributed by atoms with Crippen molar-refractivity contribution in [1.29, 1.82) is 0 Å². The largest absolute Gasteiger partial charge is 0.490 e. The Morgan fingerprint density at radius 1 is 1.24 bits per heavy atom. The van der Waals surface area contributed by atoms with Crippen LogP contribution in [0.15, 0.2) is 24.3 Å². The molecule has 0 aliphatic carbocycles. The molecule has 1 aliphatic rings. The predicted molar refractivity (Wildman–Crippen MR) is 63.4 cm³/mol. The Kier molecular flexibility index (Phi) is 3.86. The van der Waals surface area contributed by atoms with E-state index in [1.165, 1.54) is 0 Å². The normalized spacial score (nSPS) is 17.3. The van der Waals surface area contributed by atoms with Gasteiger partial charge in [-0.3, -0.25) is 0 Å².